The van der Waals surface area contributed by atoms with E-state index in [4.69, 9.17) is 15.0 Å². The molecule has 0 atom stereocenters. The van der Waals surface area contributed by atoms with Gasteiger partial charge in [-0.25, -0.2) is 0 Å². The van der Waals surface area contributed by atoms with Crippen molar-refractivity contribution in [1.82, 2.24) is 0 Å². The van der Waals surface area contributed by atoms with Crippen LogP contribution in [0.15, 0.2) is 23.3 Å². The molecular formula is C11H13N3O3. The van der Waals surface area contributed by atoms with Crippen LogP contribution >= 0.6 is 0 Å². The van der Waals surface area contributed by atoms with Gasteiger partial charge in [-0.3, -0.25) is 4.79 Å². The third kappa shape index (κ3) is 3.48. The van der Waals surface area contributed by atoms with E-state index in [1.165, 1.54) is 7.11 Å². The number of rotatable bonds is 6. The van der Waals surface area contributed by atoms with E-state index in [0.29, 0.717) is 11.3 Å². The largest absolute Gasteiger partial charge is 0.467 e. The molecule has 6 nitrogen and oxygen atoms in total. The van der Waals surface area contributed by atoms with E-state index in [0.717, 1.165) is 5.56 Å². The van der Waals surface area contributed by atoms with E-state index in [1.54, 1.807) is 12.1 Å². The lowest BCUT2D eigenvalue weighted by atomic mass is 10.1. The summed E-state index contributed by atoms with van der Waals surface area (Å²) in [5.41, 5.74) is 9.41. The molecule has 1 aromatic rings. The Bertz CT molecular complexity index is 453. The quantitative estimate of drug-likeness (QED) is 0.249. The molecule has 0 amide bonds. The zero-order valence-electron chi connectivity index (χ0n) is 9.71. The van der Waals surface area contributed by atoms with E-state index >= 15 is 0 Å². The molecule has 1 aromatic carbocycles. The van der Waals surface area contributed by atoms with Crippen molar-refractivity contribution in [1.29, 1.82) is 0 Å². The number of methoxy groups -OCH3 is 1. The van der Waals surface area contributed by atoms with E-state index in [-0.39, 0.29) is 19.1 Å². The number of azide groups is 1. The molecule has 1 rings (SSSR count). The van der Waals surface area contributed by atoms with Crippen molar-refractivity contribution in [3.63, 3.8) is 0 Å². The number of hydrogen-bond donors (Lipinski definition) is 0. The van der Waals surface area contributed by atoms with Crippen molar-refractivity contribution in [3.8, 4) is 5.75 Å². The molecule has 0 unspecified atom stereocenters. The maximum atomic E-state index is 11.8. The third-order valence-electron chi connectivity index (χ3n) is 2.11. The van der Waals surface area contributed by atoms with Gasteiger partial charge in [0, 0.05) is 12.0 Å². The molecule has 0 bridgehead atoms. The van der Waals surface area contributed by atoms with Gasteiger partial charge in [0.05, 0.1) is 12.1 Å². The monoisotopic (exact) mass is 235 g/mol. The molecule has 0 aliphatic rings. The maximum absolute atomic E-state index is 11.8. The van der Waals surface area contributed by atoms with Crippen molar-refractivity contribution >= 4 is 5.78 Å². The molecular weight excluding hydrogens is 222 g/mol. The molecule has 0 spiro atoms. The van der Waals surface area contributed by atoms with Gasteiger partial charge in [0.1, 0.15) is 5.75 Å². The van der Waals surface area contributed by atoms with E-state index in [2.05, 4.69) is 10.0 Å². The summed E-state index contributed by atoms with van der Waals surface area (Å²) in [6, 6.07) is 5.21. The lowest BCUT2D eigenvalue weighted by Gasteiger charge is -2.11. The predicted molar refractivity (Wildman–Crippen MR) is 62.0 cm³/mol. The summed E-state index contributed by atoms with van der Waals surface area (Å²) in [7, 11) is 1.50. The first kappa shape index (κ1) is 13.0. The molecule has 0 aromatic heterocycles. The summed E-state index contributed by atoms with van der Waals surface area (Å²) >= 11 is 0. The number of carbonyl (C=O) groups is 1. The number of carbonyl (C=O) groups excluding carboxylic acids is 1. The molecule has 0 N–H and O–H groups in total. The Morgan fingerprint density at radius 2 is 2.29 bits per heavy atom. The summed E-state index contributed by atoms with van der Waals surface area (Å²) in [5, 5.41) is 3.24. The Labute approximate surface area is 98.8 Å². The number of benzene rings is 1. The molecule has 0 saturated carbocycles. The van der Waals surface area contributed by atoms with Gasteiger partial charge in [0.2, 0.25) is 0 Å². The fourth-order valence-electron chi connectivity index (χ4n) is 1.36. The van der Waals surface area contributed by atoms with Crippen molar-refractivity contribution in [2.24, 2.45) is 5.11 Å². The second kappa shape index (κ2) is 6.52. The molecule has 6 heteroatoms. The number of Topliss-reactive ketones (excluding diaryl/α,β-unsaturated/α-hetero) is 1. The van der Waals surface area contributed by atoms with E-state index < -0.39 is 0 Å². The van der Waals surface area contributed by atoms with Gasteiger partial charge in [-0.2, -0.15) is 0 Å². The zero-order valence-corrected chi connectivity index (χ0v) is 9.71. The number of aryl methyl sites for hydroxylation is 1. The number of para-hydroxylation sites is 1. The molecule has 0 heterocycles. The van der Waals surface area contributed by atoms with Crippen molar-refractivity contribution in [2.45, 2.75) is 6.92 Å². The van der Waals surface area contributed by atoms with Crippen LogP contribution in [-0.2, 0) is 4.74 Å². The van der Waals surface area contributed by atoms with Crippen LogP contribution in [0.3, 0.4) is 0 Å². The average Bonchev–Trinajstić information content (AvgIpc) is 2.34. The standard InChI is InChI=1S/C11H13N3O3/c1-8-4-3-5-9(10(15)6-13-14-12)11(8)17-7-16-2/h3-5H,6-7H2,1-2H3. The van der Waals surface area contributed by atoms with Crippen LogP contribution in [0, 0.1) is 6.92 Å². The predicted octanol–water partition coefficient (Wildman–Crippen LogP) is 2.47. The Morgan fingerprint density at radius 1 is 1.53 bits per heavy atom. The number of nitrogens with zero attached hydrogens (tertiary/aromatic N) is 3. The summed E-state index contributed by atoms with van der Waals surface area (Å²) in [4.78, 5) is 14.3. The fourth-order valence-corrected chi connectivity index (χ4v) is 1.36. The van der Waals surface area contributed by atoms with Gasteiger partial charge in [-0.05, 0) is 24.1 Å². The molecule has 0 aliphatic heterocycles. The minimum atomic E-state index is -0.280. The van der Waals surface area contributed by atoms with Crippen LogP contribution in [0.5, 0.6) is 5.75 Å². The normalized spacial score (nSPS) is 9.53. The maximum Gasteiger partial charge on any atom is 0.188 e. The Morgan fingerprint density at radius 3 is 2.94 bits per heavy atom. The molecule has 0 saturated heterocycles. The van der Waals surface area contributed by atoms with Crippen LogP contribution in [0.1, 0.15) is 15.9 Å². The Hall–Kier alpha value is -2.04. The molecule has 90 valence electrons. The Kier molecular flexibility index (Phi) is 5.00. The number of hydrogen-bond acceptors (Lipinski definition) is 4. The highest BCUT2D eigenvalue weighted by Crippen LogP contribution is 2.24. The minimum Gasteiger partial charge on any atom is -0.467 e. The van der Waals surface area contributed by atoms with Crippen molar-refractivity contribution in [3.05, 3.63) is 39.8 Å². The highest BCUT2D eigenvalue weighted by Gasteiger charge is 2.13. The van der Waals surface area contributed by atoms with Crippen molar-refractivity contribution < 1.29 is 14.3 Å². The third-order valence-corrected chi connectivity index (χ3v) is 2.11. The summed E-state index contributed by atoms with van der Waals surface area (Å²) < 4.78 is 10.1. The van der Waals surface area contributed by atoms with Crippen LogP contribution in [0.2, 0.25) is 0 Å². The molecule has 0 radical (unpaired) electrons. The smallest absolute Gasteiger partial charge is 0.188 e. The van der Waals surface area contributed by atoms with Crippen LogP contribution in [0.25, 0.3) is 10.4 Å². The second-order valence-corrected chi connectivity index (χ2v) is 3.31. The first-order valence-electron chi connectivity index (χ1n) is 4.96. The lowest BCUT2D eigenvalue weighted by Crippen LogP contribution is -2.09. The second-order valence-electron chi connectivity index (χ2n) is 3.31. The van der Waals surface area contributed by atoms with Crippen LogP contribution in [-0.4, -0.2) is 26.2 Å². The van der Waals surface area contributed by atoms with Crippen LogP contribution < -0.4 is 4.74 Å². The van der Waals surface area contributed by atoms with Gasteiger partial charge in [-0.1, -0.05) is 17.2 Å². The Balaban J connectivity index is 3.00. The van der Waals surface area contributed by atoms with Crippen LogP contribution in [0.4, 0.5) is 0 Å². The average molecular weight is 235 g/mol. The molecule has 17 heavy (non-hydrogen) atoms. The highest BCUT2D eigenvalue weighted by molar-refractivity contribution is 6.00. The van der Waals surface area contributed by atoms with E-state index in [9.17, 15) is 4.79 Å². The highest BCUT2D eigenvalue weighted by atomic mass is 16.7. The first-order valence-corrected chi connectivity index (χ1v) is 4.96. The number of ether oxygens (including phenoxy) is 2. The van der Waals surface area contributed by atoms with Crippen molar-refractivity contribution in [2.75, 3.05) is 20.4 Å². The SMILES string of the molecule is COCOc1c(C)cccc1C(=O)CN=[N+]=[N-]. The minimum absolute atomic E-state index is 0.0622. The van der Waals surface area contributed by atoms with Gasteiger partial charge in [-0.15, -0.1) is 0 Å². The topological polar surface area (TPSA) is 84.3 Å². The summed E-state index contributed by atoms with van der Waals surface area (Å²) in [6.45, 7) is 1.67. The lowest BCUT2D eigenvalue weighted by molar-refractivity contribution is 0.0497. The summed E-state index contributed by atoms with van der Waals surface area (Å²) in [5.74, 6) is 0.185. The van der Waals surface area contributed by atoms with Gasteiger partial charge in [0.15, 0.2) is 12.6 Å². The molecule has 0 fully saturated rings. The summed E-state index contributed by atoms with van der Waals surface area (Å²) in [6.07, 6.45) is 0. The zero-order chi connectivity index (χ0) is 12.7. The van der Waals surface area contributed by atoms with Gasteiger partial charge >= 0.3 is 0 Å². The number of ketones is 1. The molecule has 0 aliphatic carbocycles. The van der Waals surface area contributed by atoms with Gasteiger partial charge in [0.25, 0.3) is 0 Å². The van der Waals surface area contributed by atoms with E-state index in [1.807, 2.05) is 13.0 Å². The van der Waals surface area contributed by atoms with Gasteiger partial charge < -0.3 is 9.47 Å². The fraction of sp³-hybridized carbons (Fsp3) is 0.364. The first-order chi connectivity index (χ1) is 8.20.